The van der Waals surface area contributed by atoms with Crippen LogP contribution in [0.15, 0.2) is 60.7 Å². The van der Waals surface area contributed by atoms with Gasteiger partial charge in [0.05, 0.1) is 25.2 Å². The number of rotatable bonds is 7. The maximum absolute atomic E-state index is 13.0. The number of carbonyl (C=O) groups excluding carboxylic acids is 3. The second-order valence-electron chi connectivity index (χ2n) is 10.7. The number of carbonyl (C=O) groups is 3. The molecule has 0 saturated carbocycles. The van der Waals surface area contributed by atoms with Crippen molar-refractivity contribution >= 4 is 29.8 Å². The van der Waals surface area contributed by atoms with Gasteiger partial charge in [-0.15, -0.1) is 0 Å². The van der Waals surface area contributed by atoms with Gasteiger partial charge in [0.25, 0.3) is 0 Å². The van der Waals surface area contributed by atoms with E-state index in [1.54, 1.807) is 0 Å². The number of benzene rings is 2. The zero-order chi connectivity index (χ0) is 28.7. The second-order valence-corrected chi connectivity index (χ2v) is 10.7. The standard InChI is InChI=1S/C28H32N8O5/c29-25-33-23-19(14-35-21(37)11-12-22(35)38)32-26(30)36-15-20(24(39)28(23,36)34-25)41-27(40)31-13-18(16-7-3-1-4-8-16)17-9-5-2-6-10-17/h1-10,18-20,23-24,39H,11-15H2,(H2,30,32)(H,31,40)(H3,29,33,34)/t19-,20-,23?,24+,28?/m0/s1. The molecule has 6 rings (SSSR count). The number of hydrogen-bond donors (Lipinski definition) is 7. The van der Waals surface area contributed by atoms with Crippen molar-refractivity contribution in [1.82, 2.24) is 31.1 Å². The number of aliphatic hydroxyl groups excluding tert-OH is 1. The highest BCUT2D eigenvalue weighted by Crippen LogP contribution is 2.39. The third kappa shape index (κ3) is 4.61. The van der Waals surface area contributed by atoms with Crippen molar-refractivity contribution in [3.8, 4) is 0 Å². The van der Waals surface area contributed by atoms with Gasteiger partial charge in [-0.05, 0) is 11.1 Å². The van der Waals surface area contributed by atoms with E-state index in [0.717, 1.165) is 16.0 Å². The summed E-state index contributed by atoms with van der Waals surface area (Å²) in [5.74, 6) is -0.875. The molecular formula is C28H32N8O5. The molecule has 13 nitrogen and oxygen atoms in total. The smallest absolute Gasteiger partial charge is 0.407 e. The van der Waals surface area contributed by atoms with Crippen molar-refractivity contribution < 1.29 is 24.2 Å². The number of guanidine groups is 2. The summed E-state index contributed by atoms with van der Waals surface area (Å²) in [6.45, 7) is 0.226. The summed E-state index contributed by atoms with van der Waals surface area (Å²) in [5, 5.41) is 40.2. The lowest BCUT2D eigenvalue weighted by atomic mass is 9.87. The van der Waals surface area contributed by atoms with E-state index in [1.807, 2.05) is 60.7 Å². The van der Waals surface area contributed by atoms with E-state index >= 15 is 0 Å². The van der Waals surface area contributed by atoms with E-state index < -0.39 is 36.0 Å². The van der Waals surface area contributed by atoms with Crippen molar-refractivity contribution in [2.75, 3.05) is 19.6 Å². The molecular weight excluding hydrogens is 528 g/mol. The third-order valence-electron chi connectivity index (χ3n) is 8.35. The second kappa shape index (κ2) is 10.4. The average molecular weight is 561 g/mol. The van der Waals surface area contributed by atoms with Gasteiger partial charge >= 0.3 is 6.09 Å². The van der Waals surface area contributed by atoms with Crippen LogP contribution in [0.1, 0.15) is 29.9 Å². The molecule has 0 bridgehead atoms. The predicted octanol–water partition coefficient (Wildman–Crippen LogP) is -0.162. The summed E-state index contributed by atoms with van der Waals surface area (Å²) in [6.07, 6.45) is -2.81. The van der Waals surface area contributed by atoms with Gasteiger partial charge in [-0.1, -0.05) is 60.7 Å². The number of hydrogen-bond acceptors (Lipinski definition) is 7. The van der Waals surface area contributed by atoms with Crippen LogP contribution < -0.4 is 21.3 Å². The fourth-order valence-corrected chi connectivity index (χ4v) is 6.41. The molecule has 4 fully saturated rings. The van der Waals surface area contributed by atoms with Gasteiger partial charge in [0.1, 0.15) is 6.10 Å². The Balaban J connectivity index is 1.17. The van der Waals surface area contributed by atoms with Crippen LogP contribution in [0, 0.1) is 10.8 Å². The van der Waals surface area contributed by atoms with Gasteiger partial charge in [0, 0.05) is 25.3 Å². The number of amides is 3. The fraction of sp³-hybridized carbons (Fsp3) is 0.393. The van der Waals surface area contributed by atoms with Crippen LogP contribution in [0.5, 0.6) is 0 Å². The highest BCUT2D eigenvalue weighted by atomic mass is 16.6. The minimum atomic E-state index is -1.39. The van der Waals surface area contributed by atoms with Crippen LogP contribution in [-0.2, 0) is 14.3 Å². The summed E-state index contributed by atoms with van der Waals surface area (Å²) in [6, 6.07) is 18.2. The molecule has 2 aromatic carbocycles. The summed E-state index contributed by atoms with van der Waals surface area (Å²) < 4.78 is 5.70. The number of nitrogens with zero attached hydrogens (tertiary/aromatic N) is 2. The normalized spacial score (nSPS) is 28.6. The largest absolute Gasteiger partial charge is 0.441 e. The van der Waals surface area contributed by atoms with Crippen molar-refractivity contribution in [2.24, 2.45) is 0 Å². The van der Waals surface area contributed by atoms with Crippen LogP contribution in [0.4, 0.5) is 4.79 Å². The lowest BCUT2D eigenvalue weighted by Crippen LogP contribution is -2.78. The Bertz CT molecular complexity index is 1320. The molecule has 4 aliphatic rings. The minimum Gasteiger partial charge on any atom is -0.441 e. The molecule has 2 unspecified atom stereocenters. The number of likely N-dealkylation sites (tertiary alicyclic amines) is 1. The molecule has 5 atom stereocenters. The first-order valence-electron chi connectivity index (χ1n) is 13.6. The number of ether oxygens (including phenoxy) is 1. The number of alkyl carbamates (subject to hydrolysis) is 1. The molecule has 4 saturated heterocycles. The van der Waals surface area contributed by atoms with Crippen molar-refractivity contribution in [2.45, 2.75) is 48.7 Å². The molecule has 4 aliphatic heterocycles. The van der Waals surface area contributed by atoms with Crippen LogP contribution in [0.2, 0.25) is 0 Å². The SMILES string of the molecule is N=C1NC2[C@H](CN3C(=O)CCC3=O)NC(=N)N3C[C@H](OC(=O)NCC(c4ccccc4)c4ccccc4)[C@@H](O)C23N1. The van der Waals surface area contributed by atoms with Crippen molar-refractivity contribution in [3.05, 3.63) is 71.8 Å². The molecule has 0 aliphatic carbocycles. The lowest BCUT2D eigenvalue weighted by Gasteiger charge is -2.49. The van der Waals surface area contributed by atoms with Gasteiger partial charge in [0.15, 0.2) is 23.7 Å². The minimum absolute atomic E-state index is 0.00598. The molecule has 3 amide bonds. The summed E-state index contributed by atoms with van der Waals surface area (Å²) >= 11 is 0. The Morgan fingerprint density at radius 1 is 1.02 bits per heavy atom. The van der Waals surface area contributed by atoms with E-state index in [9.17, 15) is 19.5 Å². The van der Waals surface area contributed by atoms with Crippen LogP contribution in [0.3, 0.4) is 0 Å². The third-order valence-corrected chi connectivity index (χ3v) is 8.35. The molecule has 0 radical (unpaired) electrons. The lowest BCUT2D eigenvalue weighted by molar-refractivity contribution is -0.139. The van der Waals surface area contributed by atoms with Gasteiger partial charge in [0.2, 0.25) is 11.8 Å². The topological polar surface area (TPSA) is 183 Å². The van der Waals surface area contributed by atoms with Crippen molar-refractivity contribution in [1.29, 1.82) is 10.8 Å². The van der Waals surface area contributed by atoms with E-state index in [4.69, 9.17) is 15.6 Å². The zero-order valence-corrected chi connectivity index (χ0v) is 22.2. The van der Waals surface area contributed by atoms with Gasteiger partial charge in [-0.25, -0.2) is 4.79 Å². The summed E-state index contributed by atoms with van der Waals surface area (Å²) in [7, 11) is 0. The first-order valence-corrected chi connectivity index (χ1v) is 13.6. The molecule has 13 heteroatoms. The van der Waals surface area contributed by atoms with Crippen LogP contribution in [0.25, 0.3) is 0 Å². The average Bonchev–Trinajstić information content (AvgIpc) is 3.59. The zero-order valence-electron chi connectivity index (χ0n) is 22.2. The molecule has 41 heavy (non-hydrogen) atoms. The summed E-state index contributed by atoms with van der Waals surface area (Å²) in [4.78, 5) is 40.2. The van der Waals surface area contributed by atoms with Crippen LogP contribution >= 0.6 is 0 Å². The first kappa shape index (κ1) is 26.6. The van der Waals surface area contributed by atoms with Gasteiger partial charge in [-0.2, -0.15) is 0 Å². The van der Waals surface area contributed by atoms with Gasteiger partial charge in [-0.3, -0.25) is 25.3 Å². The van der Waals surface area contributed by atoms with E-state index in [-0.39, 0.29) is 62.1 Å². The molecule has 1 spiro atoms. The predicted molar refractivity (Wildman–Crippen MR) is 147 cm³/mol. The number of imide groups is 1. The molecule has 214 valence electrons. The van der Waals surface area contributed by atoms with E-state index in [2.05, 4.69) is 21.3 Å². The molecule has 0 aromatic heterocycles. The highest BCUT2D eigenvalue weighted by Gasteiger charge is 2.67. The highest BCUT2D eigenvalue weighted by molar-refractivity contribution is 6.02. The molecule has 7 N–H and O–H groups in total. The number of aliphatic hydroxyl groups is 1. The van der Waals surface area contributed by atoms with E-state index in [1.165, 1.54) is 4.90 Å². The van der Waals surface area contributed by atoms with Crippen LogP contribution in [-0.4, -0.2) is 94.3 Å². The Kier molecular flexibility index (Phi) is 6.73. The molecule has 2 aromatic rings. The van der Waals surface area contributed by atoms with Crippen molar-refractivity contribution in [3.63, 3.8) is 0 Å². The monoisotopic (exact) mass is 560 g/mol. The Morgan fingerprint density at radius 2 is 1.63 bits per heavy atom. The Morgan fingerprint density at radius 3 is 2.24 bits per heavy atom. The maximum atomic E-state index is 13.0. The maximum Gasteiger partial charge on any atom is 0.407 e. The first-order chi connectivity index (χ1) is 19.8. The quantitative estimate of drug-likeness (QED) is 0.226. The fourth-order valence-electron chi connectivity index (χ4n) is 6.41. The van der Waals surface area contributed by atoms with Gasteiger partial charge < -0.3 is 36.0 Å². The number of nitrogens with one attached hydrogen (secondary N) is 6. The Hall–Kier alpha value is -4.65. The summed E-state index contributed by atoms with van der Waals surface area (Å²) in [5.41, 5.74) is 0.662. The molecule has 4 heterocycles. The van der Waals surface area contributed by atoms with E-state index in [0.29, 0.717) is 0 Å². The Labute approximate surface area is 236 Å².